The van der Waals surface area contributed by atoms with Gasteiger partial charge in [0.05, 0.1) is 24.2 Å². The van der Waals surface area contributed by atoms with Gasteiger partial charge < -0.3 is 30.2 Å². The van der Waals surface area contributed by atoms with Crippen LogP contribution in [0.3, 0.4) is 0 Å². The molecule has 1 atom stereocenters. The molecule has 8 nitrogen and oxygen atoms in total. The molecule has 2 heterocycles. The van der Waals surface area contributed by atoms with Crippen molar-refractivity contribution >= 4 is 17.5 Å². The molecule has 0 spiro atoms. The number of hydrogen-bond acceptors (Lipinski definition) is 6. The van der Waals surface area contributed by atoms with Gasteiger partial charge in [0.15, 0.2) is 11.5 Å². The molecule has 1 aliphatic carbocycles. The summed E-state index contributed by atoms with van der Waals surface area (Å²) in [4.78, 5) is 28.1. The van der Waals surface area contributed by atoms with Gasteiger partial charge in [0, 0.05) is 22.9 Å². The Bertz CT molecular complexity index is 1110. The van der Waals surface area contributed by atoms with Crippen molar-refractivity contribution in [2.24, 2.45) is 11.7 Å². The second-order valence-corrected chi connectivity index (χ2v) is 9.25. The quantitative estimate of drug-likeness (QED) is 0.611. The molecule has 33 heavy (non-hydrogen) atoms. The van der Waals surface area contributed by atoms with E-state index in [0.29, 0.717) is 57.2 Å². The van der Waals surface area contributed by atoms with E-state index in [9.17, 15) is 9.59 Å². The maximum Gasteiger partial charge on any atom is 0.256 e. The van der Waals surface area contributed by atoms with Gasteiger partial charge in [0.1, 0.15) is 18.5 Å². The zero-order chi connectivity index (χ0) is 23.7. The molecule has 1 aromatic heterocycles. The number of nitrogens with one attached hydrogen (secondary N) is 2. The predicted molar refractivity (Wildman–Crippen MR) is 126 cm³/mol. The Labute approximate surface area is 197 Å². The minimum atomic E-state index is -0.367. The number of halogens is 1. The number of amides is 1. The summed E-state index contributed by atoms with van der Waals surface area (Å²) in [7, 11) is 1.49. The first-order valence-electron chi connectivity index (χ1n) is 11.2. The Kier molecular flexibility index (Phi) is 6.86. The number of rotatable bonds is 5. The van der Waals surface area contributed by atoms with Crippen LogP contribution in [0.15, 0.2) is 16.9 Å². The van der Waals surface area contributed by atoms with Crippen molar-refractivity contribution in [1.82, 2.24) is 10.3 Å². The summed E-state index contributed by atoms with van der Waals surface area (Å²) in [5.74, 6) is 1.38. The fraction of sp³-hybridized carbons (Fsp3) is 0.500. The largest absolute Gasteiger partial charge is 0.496 e. The van der Waals surface area contributed by atoms with E-state index < -0.39 is 0 Å². The molecule has 0 bridgehead atoms. The van der Waals surface area contributed by atoms with Gasteiger partial charge in [-0.15, -0.1) is 0 Å². The monoisotopic (exact) mass is 475 g/mol. The summed E-state index contributed by atoms with van der Waals surface area (Å²) in [5.41, 5.74) is 7.77. The van der Waals surface area contributed by atoms with Crippen LogP contribution in [0, 0.1) is 19.8 Å². The van der Waals surface area contributed by atoms with E-state index >= 15 is 0 Å². The maximum atomic E-state index is 13.0. The van der Waals surface area contributed by atoms with Gasteiger partial charge in [-0.25, -0.2) is 0 Å². The van der Waals surface area contributed by atoms with Crippen LogP contribution in [0.1, 0.15) is 52.9 Å². The van der Waals surface area contributed by atoms with Crippen LogP contribution in [0.2, 0.25) is 5.02 Å². The van der Waals surface area contributed by atoms with Gasteiger partial charge >= 0.3 is 0 Å². The lowest BCUT2D eigenvalue weighted by atomic mass is 9.83. The summed E-state index contributed by atoms with van der Waals surface area (Å²) in [6, 6.07) is 3.54. The lowest BCUT2D eigenvalue weighted by Crippen LogP contribution is -2.40. The number of carbonyl (C=O) groups excluding carboxylic acids is 1. The van der Waals surface area contributed by atoms with Crippen molar-refractivity contribution in [3.8, 4) is 17.2 Å². The Morgan fingerprint density at radius 2 is 1.97 bits per heavy atom. The number of fused-ring (bicyclic) bond motifs is 1. The first kappa shape index (κ1) is 23.4. The molecule has 178 valence electrons. The lowest BCUT2D eigenvalue weighted by molar-refractivity contribution is 0.0315. The highest BCUT2D eigenvalue weighted by Gasteiger charge is 2.34. The third-order valence-corrected chi connectivity index (χ3v) is 6.84. The van der Waals surface area contributed by atoms with Crippen molar-refractivity contribution < 1.29 is 19.0 Å². The van der Waals surface area contributed by atoms with Crippen LogP contribution in [0.25, 0.3) is 0 Å². The maximum absolute atomic E-state index is 13.0. The molecular weight excluding hydrogens is 446 g/mol. The van der Waals surface area contributed by atoms with Crippen LogP contribution in [0.5, 0.6) is 17.2 Å². The molecule has 2 aliphatic rings. The molecule has 1 fully saturated rings. The number of benzene rings is 1. The van der Waals surface area contributed by atoms with Gasteiger partial charge in [-0.3, -0.25) is 9.59 Å². The summed E-state index contributed by atoms with van der Waals surface area (Å²) in [6.45, 7) is 4.01. The van der Waals surface area contributed by atoms with Crippen LogP contribution < -0.4 is 30.8 Å². The molecule has 0 unspecified atom stereocenters. The number of aromatic nitrogens is 1. The van der Waals surface area contributed by atoms with E-state index in [1.807, 2.05) is 6.92 Å². The number of hydrogen-bond donors (Lipinski definition) is 3. The van der Waals surface area contributed by atoms with E-state index in [1.54, 1.807) is 19.1 Å². The number of nitrogens with two attached hydrogens (primary N) is 1. The first-order valence-corrected chi connectivity index (χ1v) is 11.6. The van der Waals surface area contributed by atoms with Gasteiger partial charge in [-0.2, -0.15) is 0 Å². The van der Waals surface area contributed by atoms with Crippen molar-refractivity contribution in [1.29, 1.82) is 0 Å². The predicted octanol–water partition coefficient (Wildman–Crippen LogP) is 3.24. The van der Waals surface area contributed by atoms with Gasteiger partial charge in [0.25, 0.3) is 11.5 Å². The first-order chi connectivity index (χ1) is 15.8. The summed E-state index contributed by atoms with van der Waals surface area (Å²) in [6.07, 6.45) is 3.82. The van der Waals surface area contributed by atoms with Crippen molar-refractivity contribution in [3.63, 3.8) is 0 Å². The molecule has 1 aliphatic heterocycles. The molecule has 1 saturated carbocycles. The third kappa shape index (κ3) is 4.82. The Morgan fingerprint density at radius 3 is 2.67 bits per heavy atom. The summed E-state index contributed by atoms with van der Waals surface area (Å²) in [5, 5.41) is 3.11. The van der Waals surface area contributed by atoms with Crippen molar-refractivity contribution in [2.45, 2.75) is 58.2 Å². The molecule has 2 aromatic rings. The standard InChI is InChI=1S/C24H30ClN3O5/c1-12-8-19(31-3)17(24(30)28-12)10-27-23(29)16-9-18(25)22-21(13(16)2)33-20(11-32-22)14-4-6-15(26)7-5-14/h8-9,14-15,20H,4-7,10-11,26H2,1-3H3,(H,27,29)(H,28,30)/t14-,15+,20-/m1/s1. The average molecular weight is 476 g/mol. The molecule has 9 heteroatoms. The normalized spacial score (nSPS) is 22.0. The summed E-state index contributed by atoms with van der Waals surface area (Å²) < 4.78 is 17.6. The number of ether oxygens (including phenoxy) is 3. The highest BCUT2D eigenvalue weighted by Crippen LogP contribution is 2.44. The van der Waals surface area contributed by atoms with Gasteiger partial charge in [0.2, 0.25) is 0 Å². The highest BCUT2D eigenvalue weighted by molar-refractivity contribution is 6.32. The fourth-order valence-corrected chi connectivity index (χ4v) is 4.86. The number of carbonyl (C=O) groups is 1. The minimum absolute atomic E-state index is 0.00801. The Hall–Kier alpha value is -2.71. The molecule has 4 N–H and O–H groups in total. The number of methoxy groups -OCH3 is 1. The Balaban J connectivity index is 1.54. The number of aromatic amines is 1. The van der Waals surface area contributed by atoms with Crippen LogP contribution >= 0.6 is 11.6 Å². The van der Waals surface area contributed by atoms with Gasteiger partial charge in [-0.1, -0.05) is 11.6 Å². The molecule has 0 saturated heterocycles. The number of pyridine rings is 1. The Morgan fingerprint density at radius 1 is 1.24 bits per heavy atom. The van der Waals surface area contributed by atoms with E-state index in [1.165, 1.54) is 7.11 Å². The summed E-state index contributed by atoms with van der Waals surface area (Å²) >= 11 is 6.45. The zero-order valence-electron chi connectivity index (χ0n) is 19.1. The molecule has 1 aromatic carbocycles. The third-order valence-electron chi connectivity index (χ3n) is 6.56. The van der Waals surface area contributed by atoms with E-state index in [0.717, 1.165) is 25.7 Å². The van der Waals surface area contributed by atoms with Gasteiger partial charge in [-0.05, 0) is 57.6 Å². The van der Waals surface area contributed by atoms with Crippen molar-refractivity contribution in [3.05, 3.63) is 49.9 Å². The van der Waals surface area contributed by atoms with E-state index in [-0.39, 0.29) is 30.2 Å². The second kappa shape index (κ2) is 9.65. The average Bonchev–Trinajstić information content (AvgIpc) is 2.80. The minimum Gasteiger partial charge on any atom is -0.496 e. The lowest BCUT2D eigenvalue weighted by Gasteiger charge is -2.36. The zero-order valence-corrected chi connectivity index (χ0v) is 19.9. The molecular formula is C24H30ClN3O5. The van der Waals surface area contributed by atoms with Crippen LogP contribution in [-0.2, 0) is 6.54 Å². The number of aryl methyl sites for hydroxylation is 1. The fourth-order valence-electron chi connectivity index (χ4n) is 4.61. The molecule has 4 rings (SSSR count). The van der Waals surface area contributed by atoms with Crippen LogP contribution in [-0.4, -0.2) is 36.8 Å². The van der Waals surface area contributed by atoms with E-state index in [4.69, 9.17) is 31.5 Å². The van der Waals surface area contributed by atoms with E-state index in [2.05, 4.69) is 10.3 Å². The molecule has 0 radical (unpaired) electrons. The topological polar surface area (TPSA) is 116 Å². The molecule has 1 amide bonds. The van der Waals surface area contributed by atoms with Crippen molar-refractivity contribution in [2.75, 3.05) is 13.7 Å². The smallest absolute Gasteiger partial charge is 0.256 e. The van der Waals surface area contributed by atoms with Crippen LogP contribution in [0.4, 0.5) is 0 Å². The number of H-pyrrole nitrogens is 1. The second-order valence-electron chi connectivity index (χ2n) is 8.84. The SMILES string of the molecule is COc1cc(C)[nH]c(=O)c1CNC(=O)c1cc(Cl)c2c(c1C)O[C@@H]([C@H]1CC[C@@H](N)CC1)CO2. The highest BCUT2D eigenvalue weighted by atomic mass is 35.5.